The summed E-state index contributed by atoms with van der Waals surface area (Å²) in [6.45, 7) is 1.74. The van der Waals surface area contributed by atoms with Crippen molar-refractivity contribution >= 4 is 11.6 Å². The highest BCUT2D eigenvalue weighted by Gasteiger charge is 2.71. The summed E-state index contributed by atoms with van der Waals surface area (Å²) in [4.78, 5) is 21.2. The van der Waals surface area contributed by atoms with Gasteiger partial charge in [-0.3, -0.25) is 9.69 Å². The third kappa shape index (κ3) is 6.73. The standard InChI is InChI=1S/C25H27F7N4O5/c26-18-11-16(3-6-19(18)33-41-34-20-13-40-14-21(20)37)22(38)36-9-7-35(8-10-36)12-15-1-4-17(5-2-15)23(39,24(27,28)29)25(30,31)32/h1-6,11,20-21,33-34,37,39H,7-10,12-14H2. The van der Waals surface area contributed by atoms with Crippen molar-refractivity contribution in [1.82, 2.24) is 15.3 Å². The number of anilines is 1. The molecule has 0 aliphatic carbocycles. The Morgan fingerprint density at radius 3 is 2.15 bits per heavy atom. The number of hydrogen-bond acceptors (Lipinski definition) is 8. The molecule has 2 atom stereocenters. The van der Waals surface area contributed by atoms with E-state index in [1.807, 2.05) is 4.90 Å². The molecule has 2 unspecified atom stereocenters. The van der Waals surface area contributed by atoms with Crippen molar-refractivity contribution in [2.75, 3.05) is 44.9 Å². The number of halogens is 7. The Bertz CT molecular complexity index is 1190. The van der Waals surface area contributed by atoms with Crippen molar-refractivity contribution in [1.29, 1.82) is 0 Å². The molecule has 9 nitrogen and oxygen atoms in total. The second-order valence-electron chi connectivity index (χ2n) is 9.70. The lowest BCUT2D eigenvalue weighted by molar-refractivity contribution is -0.376. The minimum absolute atomic E-state index is 0.0535. The molecule has 1 amide bonds. The molecule has 0 spiro atoms. The maximum Gasteiger partial charge on any atom is 0.430 e. The minimum Gasteiger partial charge on any atom is -0.389 e. The number of aliphatic hydroxyl groups is 2. The van der Waals surface area contributed by atoms with Crippen LogP contribution in [-0.4, -0.2) is 89.8 Å². The van der Waals surface area contributed by atoms with Crippen LogP contribution in [0.5, 0.6) is 0 Å². The first-order valence-corrected chi connectivity index (χ1v) is 12.4. The number of alkyl halides is 6. The largest absolute Gasteiger partial charge is 0.430 e. The van der Waals surface area contributed by atoms with Crippen molar-refractivity contribution in [3.05, 3.63) is 65.0 Å². The molecule has 2 saturated heterocycles. The summed E-state index contributed by atoms with van der Waals surface area (Å²) in [6, 6.07) is 6.61. The average molecular weight is 597 g/mol. The van der Waals surface area contributed by atoms with Crippen LogP contribution in [0, 0.1) is 5.82 Å². The van der Waals surface area contributed by atoms with Gasteiger partial charge >= 0.3 is 12.4 Å². The SMILES string of the molecule is O=C(c1ccc(NONC2COCC2O)c(F)c1)N1CCN(Cc2ccc(C(O)(C(F)(F)F)C(F)(F)F)cc2)CC1. The molecule has 0 bridgehead atoms. The number of benzene rings is 2. The summed E-state index contributed by atoms with van der Waals surface area (Å²) in [5.74, 6) is -1.19. The Morgan fingerprint density at radius 1 is 0.976 bits per heavy atom. The van der Waals surface area contributed by atoms with Gasteiger partial charge in [0.1, 0.15) is 5.82 Å². The molecule has 41 heavy (non-hydrogen) atoms. The van der Waals surface area contributed by atoms with E-state index in [1.54, 1.807) is 0 Å². The van der Waals surface area contributed by atoms with Crippen molar-refractivity contribution in [3.8, 4) is 0 Å². The summed E-state index contributed by atoms with van der Waals surface area (Å²) in [5.41, 5.74) is -1.02. The van der Waals surface area contributed by atoms with Crippen LogP contribution in [0.25, 0.3) is 0 Å². The molecule has 2 fully saturated rings. The monoisotopic (exact) mass is 596 g/mol. The van der Waals surface area contributed by atoms with Gasteiger partial charge in [0.05, 0.1) is 31.0 Å². The van der Waals surface area contributed by atoms with Gasteiger partial charge in [-0.2, -0.15) is 36.8 Å². The normalized spacial score (nSPS) is 20.9. The number of hydroxylamine groups is 1. The zero-order valence-corrected chi connectivity index (χ0v) is 21.3. The molecule has 2 aliphatic heterocycles. The van der Waals surface area contributed by atoms with E-state index >= 15 is 0 Å². The first kappa shape index (κ1) is 30.9. The van der Waals surface area contributed by atoms with E-state index in [0.717, 1.165) is 18.2 Å². The van der Waals surface area contributed by atoms with Crippen LogP contribution in [0.15, 0.2) is 42.5 Å². The van der Waals surface area contributed by atoms with Crippen LogP contribution in [0.1, 0.15) is 21.5 Å². The number of rotatable bonds is 8. The highest BCUT2D eigenvalue weighted by Crippen LogP contribution is 2.50. The lowest BCUT2D eigenvalue weighted by Crippen LogP contribution is -2.53. The molecule has 0 radical (unpaired) electrons. The fraction of sp³-hybridized carbons (Fsp3) is 0.480. The van der Waals surface area contributed by atoms with E-state index in [2.05, 4.69) is 11.0 Å². The summed E-state index contributed by atoms with van der Waals surface area (Å²) in [7, 11) is 0. The Morgan fingerprint density at radius 2 is 1.61 bits per heavy atom. The first-order chi connectivity index (χ1) is 19.2. The van der Waals surface area contributed by atoms with Gasteiger partial charge in [-0.05, 0) is 23.8 Å². The smallest absolute Gasteiger partial charge is 0.389 e. The highest BCUT2D eigenvalue weighted by atomic mass is 19.4. The molecule has 2 heterocycles. The fourth-order valence-corrected chi connectivity index (χ4v) is 4.44. The second-order valence-corrected chi connectivity index (χ2v) is 9.70. The molecule has 2 aromatic carbocycles. The van der Waals surface area contributed by atoms with Gasteiger partial charge in [-0.15, -0.1) is 0 Å². The first-order valence-electron chi connectivity index (χ1n) is 12.4. The number of carbonyl (C=O) groups excluding carboxylic acids is 1. The van der Waals surface area contributed by atoms with Gasteiger partial charge in [0, 0.05) is 43.9 Å². The molecule has 0 saturated carbocycles. The number of nitrogens with one attached hydrogen (secondary N) is 2. The molecular weight excluding hydrogens is 569 g/mol. The molecule has 2 aromatic rings. The van der Waals surface area contributed by atoms with Crippen molar-refractivity contribution < 1.29 is 55.4 Å². The van der Waals surface area contributed by atoms with E-state index < -0.39 is 47.4 Å². The van der Waals surface area contributed by atoms with Crippen LogP contribution in [0.3, 0.4) is 0 Å². The average Bonchev–Trinajstić information content (AvgIpc) is 3.32. The van der Waals surface area contributed by atoms with Gasteiger partial charge in [0.2, 0.25) is 0 Å². The molecule has 2 aliphatic rings. The number of amides is 1. The Labute approximate surface area is 229 Å². The number of nitrogens with zero attached hydrogens (tertiary/aromatic N) is 2. The van der Waals surface area contributed by atoms with Crippen molar-refractivity contribution in [2.24, 2.45) is 0 Å². The van der Waals surface area contributed by atoms with Crippen LogP contribution in [0.4, 0.5) is 36.4 Å². The van der Waals surface area contributed by atoms with Crippen molar-refractivity contribution in [2.45, 2.75) is 36.6 Å². The van der Waals surface area contributed by atoms with E-state index in [0.29, 0.717) is 30.8 Å². The van der Waals surface area contributed by atoms with Gasteiger partial charge < -0.3 is 19.8 Å². The number of piperazine rings is 1. The molecule has 4 N–H and O–H groups in total. The Balaban J connectivity index is 1.29. The maximum atomic E-state index is 14.5. The third-order valence-electron chi connectivity index (χ3n) is 6.90. The minimum atomic E-state index is -5.96. The highest BCUT2D eigenvalue weighted by molar-refractivity contribution is 5.94. The predicted octanol–water partition coefficient (Wildman–Crippen LogP) is 2.70. The topological polar surface area (TPSA) is 107 Å². The molecule has 16 heteroatoms. The third-order valence-corrected chi connectivity index (χ3v) is 6.90. The van der Waals surface area contributed by atoms with Gasteiger partial charge in [-0.25, -0.2) is 9.87 Å². The molecule has 226 valence electrons. The van der Waals surface area contributed by atoms with Gasteiger partial charge in [-0.1, -0.05) is 24.3 Å². The van der Waals surface area contributed by atoms with Crippen LogP contribution in [0.2, 0.25) is 0 Å². The molecule has 0 aromatic heterocycles. The van der Waals surface area contributed by atoms with Crippen LogP contribution < -0.4 is 11.0 Å². The summed E-state index contributed by atoms with van der Waals surface area (Å²) in [6.07, 6.45) is -12.7. The van der Waals surface area contributed by atoms with Crippen LogP contribution >= 0.6 is 0 Å². The maximum absolute atomic E-state index is 14.5. The fourth-order valence-electron chi connectivity index (χ4n) is 4.44. The second kappa shape index (κ2) is 12.1. The van der Waals surface area contributed by atoms with Crippen LogP contribution in [-0.2, 0) is 21.8 Å². The van der Waals surface area contributed by atoms with Gasteiger partial charge in [0.15, 0.2) is 0 Å². The summed E-state index contributed by atoms with van der Waals surface area (Å²) < 4.78 is 98.1. The van der Waals surface area contributed by atoms with E-state index in [4.69, 9.17) is 9.68 Å². The lowest BCUT2D eigenvalue weighted by Gasteiger charge is -2.35. The predicted molar refractivity (Wildman–Crippen MR) is 128 cm³/mol. The zero-order chi connectivity index (χ0) is 30.0. The lowest BCUT2D eigenvalue weighted by atomic mass is 9.91. The number of carbonyl (C=O) groups is 1. The Kier molecular flexibility index (Phi) is 9.10. The van der Waals surface area contributed by atoms with E-state index in [1.165, 1.54) is 17.0 Å². The number of hydrogen-bond donors (Lipinski definition) is 4. The quantitative estimate of drug-likeness (QED) is 0.273. The summed E-state index contributed by atoms with van der Waals surface area (Å²) in [5, 5.41) is 19.2. The number of ether oxygens (including phenoxy) is 1. The Hall–Kier alpha value is -3.02. The summed E-state index contributed by atoms with van der Waals surface area (Å²) >= 11 is 0. The van der Waals surface area contributed by atoms with E-state index in [9.17, 15) is 45.7 Å². The zero-order valence-electron chi connectivity index (χ0n) is 21.3. The molecule has 4 rings (SSSR count). The molecular formula is C25H27F7N4O5. The van der Waals surface area contributed by atoms with E-state index in [-0.39, 0.29) is 44.1 Å². The van der Waals surface area contributed by atoms with Crippen molar-refractivity contribution in [3.63, 3.8) is 0 Å². The van der Waals surface area contributed by atoms with Gasteiger partial charge in [0.25, 0.3) is 11.5 Å². The number of aliphatic hydroxyl groups excluding tert-OH is 1.